The number of halogens is 3. The van der Waals surface area contributed by atoms with Crippen LogP contribution in [-0.2, 0) is 6.18 Å². The SMILES string of the molecule is CCC(C#N)C(=O)c1cccc(C(F)(F)F)c1. The van der Waals surface area contributed by atoms with Gasteiger partial charge in [-0.15, -0.1) is 0 Å². The van der Waals surface area contributed by atoms with Gasteiger partial charge in [-0.05, 0) is 18.6 Å². The zero-order valence-corrected chi connectivity index (χ0v) is 9.08. The smallest absolute Gasteiger partial charge is 0.293 e. The van der Waals surface area contributed by atoms with E-state index in [9.17, 15) is 18.0 Å². The average molecular weight is 241 g/mol. The van der Waals surface area contributed by atoms with E-state index in [1.54, 1.807) is 13.0 Å². The lowest BCUT2D eigenvalue weighted by atomic mass is 9.95. The maximum Gasteiger partial charge on any atom is 0.416 e. The molecule has 0 aromatic heterocycles. The number of nitriles is 1. The molecule has 0 fully saturated rings. The normalized spacial score (nSPS) is 12.9. The number of carbonyl (C=O) groups excluding carboxylic acids is 1. The van der Waals surface area contributed by atoms with Crippen LogP contribution in [0.5, 0.6) is 0 Å². The number of hydrogen-bond donors (Lipinski definition) is 0. The lowest BCUT2D eigenvalue weighted by Gasteiger charge is -2.09. The Morgan fingerprint density at radius 2 is 2.12 bits per heavy atom. The van der Waals surface area contributed by atoms with Gasteiger partial charge in [0.05, 0.1) is 11.6 Å². The number of alkyl halides is 3. The molecule has 0 spiro atoms. The molecule has 1 rings (SSSR count). The van der Waals surface area contributed by atoms with Crippen molar-refractivity contribution in [3.05, 3.63) is 35.4 Å². The molecule has 1 aromatic carbocycles. The summed E-state index contributed by atoms with van der Waals surface area (Å²) in [7, 11) is 0. The Morgan fingerprint density at radius 3 is 2.59 bits per heavy atom. The van der Waals surface area contributed by atoms with E-state index in [1.807, 2.05) is 0 Å². The Labute approximate surface area is 96.7 Å². The molecule has 17 heavy (non-hydrogen) atoms. The number of Topliss-reactive ketones (excluding diaryl/α,β-unsaturated/α-hetero) is 1. The summed E-state index contributed by atoms with van der Waals surface area (Å²) < 4.78 is 37.3. The van der Waals surface area contributed by atoms with E-state index in [1.165, 1.54) is 12.1 Å². The number of benzene rings is 1. The van der Waals surface area contributed by atoms with Gasteiger partial charge < -0.3 is 0 Å². The Hall–Kier alpha value is -1.83. The van der Waals surface area contributed by atoms with Crippen molar-refractivity contribution in [1.82, 2.24) is 0 Å². The maximum absolute atomic E-state index is 12.4. The lowest BCUT2D eigenvalue weighted by Crippen LogP contribution is -2.13. The Bertz CT molecular complexity index is 460. The van der Waals surface area contributed by atoms with Crippen molar-refractivity contribution in [2.75, 3.05) is 0 Å². The highest BCUT2D eigenvalue weighted by molar-refractivity contribution is 5.99. The van der Waals surface area contributed by atoms with Crippen LogP contribution < -0.4 is 0 Å². The minimum atomic E-state index is -4.48. The predicted molar refractivity (Wildman–Crippen MR) is 55.2 cm³/mol. The Morgan fingerprint density at radius 1 is 1.47 bits per heavy atom. The molecule has 0 radical (unpaired) electrons. The largest absolute Gasteiger partial charge is 0.416 e. The van der Waals surface area contributed by atoms with Gasteiger partial charge in [0.15, 0.2) is 5.78 Å². The number of carbonyl (C=O) groups is 1. The van der Waals surface area contributed by atoms with Crippen LogP contribution in [0.3, 0.4) is 0 Å². The fraction of sp³-hybridized carbons (Fsp3) is 0.333. The first kappa shape index (κ1) is 13.2. The molecule has 0 aliphatic carbocycles. The van der Waals surface area contributed by atoms with Gasteiger partial charge in [-0.2, -0.15) is 18.4 Å². The van der Waals surface area contributed by atoms with Gasteiger partial charge in [0.1, 0.15) is 5.92 Å². The first-order valence-corrected chi connectivity index (χ1v) is 5.01. The monoisotopic (exact) mass is 241 g/mol. The zero-order chi connectivity index (χ0) is 13.1. The van der Waals surface area contributed by atoms with E-state index >= 15 is 0 Å². The molecule has 0 N–H and O–H groups in total. The molecule has 0 bridgehead atoms. The third-order valence-electron chi connectivity index (χ3n) is 2.35. The highest BCUT2D eigenvalue weighted by atomic mass is 19.4. The van der Waals surface area contributed by atoms with Gasteiger partial charge in [-0.1, -0.05) is 19.1 Å². The summed E-state index contributed by atoms with van der Waals surface area (Å²) in [6, 6.07) is 5.91. The van der Waals surface area contributed by atoms with Gasteiger partial charge in [-0.25, -0.2) is 0 Å². The van der Waals surface area contributed by atoms with Crippen LogP contribution >= 0.6 is 0 Å². The first-order chi connectivity index (χ1) is 7.90. The summed E-state index contributed by atoms with van der Waals surface area (Å²) >= 11 is 0. The molecule has 0 aliphatic heterocycles. The topological polar surface area (TPSA) is 40.9 Å². The number of nitrogens with zero attached hydrogens (tertiary/aromatic N) is 1. The van der Waals surface area contributed by atoms with Gasteiger partial charge in [-0.3, -0.25) is 4.79 Å². The van der Waals surface area contributed by atoms with E-state index in [4.69, 9.17) is 5.26 Å². The Kier molecular flexibility index (Phi) is 3.89. The summed E-state index contributed by atoms with van der Waals surface area (Å²) in [4.78, 5) is 11.7. The third kappa shape index (κ3) is 3.06. The summed E-state index contributed by atoms with van der Waals surface area (Å²) in [5.41, 5.74) is -0.954. The highest BCUT2D eigenvalue weighted by Gasteiger charge is 2.31. The average Bonchev–Trinajstić information content (AvgIpc) is 2.29. The second kappa shape index (κ2) is 5.00. The minimum Gasteiger partial charge on any atom is -0.293 e. The molecule has 5 heteroatoms. The molecule has 1 aromatic rings. The molecule has 0 saturated heterocycles. The molecular formula is C12H10F3NO. The molecule has 0 saturated carbocycles. The predicted octanol–water partition coefficient (Wildman–Crippen LogP) is 3.44. The zero-order valence-electron chi connectivity index (χ0n) is 9.08. The molecule has 1 atom stereocenters. The van der Waals surface area contributed by atoms with Crippen LogP contribution in [0.1, 0.15) is 29.3 Å². The number of ketones is 1. The fourth-order valence-corrected chi connectivity index (χ4v) is 1.39. The van der Waals surface area contributed by atoms with E-state index in [0.717, 1.165) is 12.1 Å². The van der Waals surface area contributed by atoms with E-state index < -0.39 is 23.4 Å². The summed E-state index contributed by atoms with van der Waals surface area (Å²) in [6.07, 6.45) is -4.20. The standard InChI is InChI=1S/C12H10F3NO/c1-2-8(7-16)11(17)9-4-3-5-10(6-9)12(13,14)15/h3-6,8H,2H2,1H3. The molecule has 2 nitrogen and oxygen atoms in total. The number of rotatable bonds is 3. The molecule has 0 aliphatic rings. The van der Waals surface area contributed by atoms with Crippen LogP contribution in [0.2, 0.25) is 0 Å². The van der Waals surface area contributed by atoms with Crippen LogP contribution in [-0.4, -0.2) is 5.78 Å². The van der Waals surface area contributed by atoms with Crippen LogP contribution in [0.25, 0.3) is 0 Å². The van der Waals surface area contributed by atoms with Gasteiger partial charge >= 0.3 is 6.18 Å². The van der Waals surface area contributed by atoms with Gasteiger partial charge in [0.25, 0.3) is 0 Å². The molecule has 1 unspecified atom stereocenters. The van der Waals surface area contributed by atoms with Crippen LogP contribution in [0.4, 0.5) is 13.2 Å². The highest BCUT2D eigenvalue weighted by Crippen LogP contribution is 2.30. The van der Waals surface area contributed by atoms with Gasteiger partial charge in [0, 0.05) is 5.56 Å². The molecule has 0 amide bonds. The first-order valence-electron chi connectivity index (χ1n) is 5.01. The van der Waals surface area contributed by atoms with E-state index in [2.05, 4.69) is 0 Å². The van der Waals surface area contributed by atoms with E-state index in [-0.39, 0.29) is 12.0 Å². The second-order valence-corrected chi connectivity index (χ2v) is 3.53. The summed E-state index contributed by atoms with van der Waals surface area (Å²) in [6.45, 7) is 1.64. The van der Waals surface area contributed by atoms with Gasteiger partial charge in [0.2, 0.25) is 0 Å². The van der Waals surface area contributed by atoms with Crippen molar-refractivity contribution in [2.45, 2.75) is 19.5 Å². The van der Waals surface area contributed by atoms with Crippen molar-refractivity contribution >= 4 is 5.78 Å². The summed E-state index contributed by atoms with van der Waals surface area (Å²) in [5.74, 6) is -1.46. The Balaban J connectivity index is 3.09. The second-order valence-electron chi connectivity index (χ2n) is 3.53. The molecule has 90 valence electrons. The van der Waals surface area contributed by atoms with Crippen molar-refractivity contribution in [1.29, 1.82) is 5.26 Å². The molecular weight excluding hydrogens is 231 g/mol. The van der Waals surface area contributed by atoms with Crippen LogP contribution in [0, 0.1) is 17.2 Å². The van der Waals surface area contributed by atoms with Crippen molar-refractivity contribution in [3.63, 3.8) is 0 Å². The fourth-order valence-electron chi connectivity index (χ4n) is 1.39. The van der Waals surface area contributed by atoms with E-state index in [0.29, 0.717) is 0 Å². The summed E-state index contributed by atoms with van der Waals surface area (Å²) in [5, 5.41) is 8.69. The van der Waals surface area contributed by atoms with Crippen molar-refractivity contribution < 1.29 is 18.0 Å². The van der Waals surface area contributed by atoms with Crippen molar-refractivity contribution in [3.8, 4) is 6.07 Å². The van der Waals surface area contributed by atoms with Crippen LogP contribution in [0.15, 0.2) is 24.3 Å². The minimum absolute atomic E-state index is 0.0757. The maximum atomic E-state index is 12.4. The molecule has 0 heterocycles. The lowest BCUT2D eigenvalue weighted by molar-refractivity contribution is -0.137. The quantitative estimate of drug-likeness (QED) is 0.760. The third-order valence-corrected chi connectivity index (χ3v) is 2.35. The van der Waals surface area contributed by atoms with Crippen molar-refractivity contribution in [2.24, 2.45) is 5.92 Å². The number of hydrogen-bond acceptors (Lipinski definition) is 2.